The van der Waals surface area contributed by atoms with Crippen LogP contribution in [0.4, 0.5) is 0 Å². The topological polar surface area (TPSA) is 77.8 Å². The second kappa shape index (κ2) is 11.6. The Bertz CT molecular complexity index is 1410. The van der Waals surface area contributed by atoms with Crippen molar-refractivity contribution in [3.05, 3.63) is 73.1 Å². The number of likely N-dealkylation sites (tertiary alicyclic amines) is 1. The summed E-state index contributed by atoms with van der Waals surface area (Å²) in [6, 6.07) is 12.8. The minimum atomic E-state index is -0.313. The van der Waals surface area contributed by atoms with Crippen LogP contribution >= 0.6 is 23.1 Å². The number of benzene rings is 2. The lowest BCUT2D eigenvalue weighted by Gasteiger charge is -2.15. The lowest BCUT2D eigenvalue weighted by molar-refractivity contribution is -0.130. The predicted molar refractivity (Wildman–Crippen MR) is 144 cm³/mol. The van der Waals surface area contributed by atoms with Gasteiger partial charge in [-0.2, -0.15) is 0 Å². The zero-order valence-electron chi connectivity index (χ0n) is 20.5. The van der Waals surface area contributed by atoms with Crippen molar-refractivity contribution in [2.24, 2.45) is 0 Å². The molecule has 1 saturated heterocycles. The number of carbonyl (C=O) groups excluding carboxylic acids is 2. The lowest BCUT2D eigenvalue weighted by Crippen LogP contribution is -2.39. The normalized spacial score (nSPS) is 14.4. The summed E-state index contributed by atoms with van der Waals surface area (Å²) in [6.07, 6.45) is 7.13. The van der Waals surface area contributed by atoms with E-state index in [9.17, 15) is 14.4 Å². The van der Waals surface area contributed by atoms with Crippen molar-refractivity contribution < 1.29 is 19.1 Å². The van der Waals surface area contributed by atoms with E-state index in [0.717, 1.165) is 23.3 Å². The number of methoxy groups -OCH3 is 2. The van der Waals surface area contributed by atoms with Gasteiger partial charge in [0.2, 0.25) is 5.91 Å². The molecule has 0 N–H and O–H groups in total. The second-order valence-corrected chi connectivity index (χ2v) is 10.3. The molecule has 1 aliphatic rings. The van der Waals surface area contributed by atoms with Crippen LogP contribution in [-0.2, 0) is 11.3 Å². The van der Waals surface area contributed by atoms with Gasteiger partial charge in [0.25, 0.3) is 5.56 Å². The molecule has 188 valence electrons. The van der Waals surface area contributed by atoms with Crippen LogP contribution in [0.5, 0.6) is 11.5 Å². The van der Waals surface area contributed by atoms with Crippen molar-refractivity contribution in [1.29, 1.82) is 0 Å². The lowest BCUT2D eigenvalue weighted by atomic mass is 10.1. The van der Waals surface area contributed by atoms with Crippen LogP contribution in [0.1, 0.15) is 28.8 Å². The molecule has 9 heteroatoms. The maximum absolute atomic E-state index is 13.4. The zero-order valence-corrected chi connectivity index (χ0v) is 22.1. The molecule has 1 aromatic heterocycles. The summed E-state index contributed by atoms with van der Waals surface area (Å²) in [5.41, 5.74) is 0.950. The highest BCUT2D eigenvalue weighted by atomic mass is 32.2. The molecule has 0 atom stereocenters. The SMILES string of the molecule is COc1cc(OC)cc(C(=O)/C=c2/s/c(=C\c3ccc(SC)cc3)c(=O)n2CC(=O)N2CCCC2)c1. The second-order valence-electron chi connectivity index (χ2n) is 8.31. The summed E-state index contributed by atoms with van der Waals surface area (Å²) < 4.78 is 12.9. The fourth-order valence-corrected chi connectivity index (χ4v) is 5.44. The largest absolute Gasteiger partial charge is 0.497 e. The zero-order chi connectivity index (χ0) is 25.7. The highest BCUT2D eigenvalue weighted by Gasteiger charge is 2.20. The summed E-state index contributed by atoms with van der Waals surface area (Å²) >= 11 is 2.84. The Morgan fingerprint density at radius 3 is 2.25 bits per heavy atom. The smallest absolute Gasteiger partial charge is 0.269 e. The van der Waals surface area contributed by atoms with E-state index in [4.69, 9.17) is 9.47 Å². The van der Waals surface area contributed by atoms with Gasteiger partial charge >= 0.3 is 0 Å². The van der Waals surface area contributed by atoms with Gasteiger partial charge in [0.15, 0.2) is 5.78 Å². The molecule has 1 aliphatic heterocycles. The van der Waals surface area contributed by atoms with E-state index >= 15 is 0 Å². The van der Waals surface area contributed by atoms with Gasteiger partial charge in [-0.25, -0.2) is 0 Å². The third kappa shape index (κ3) is 5.91. The highest BCUT2D eigenvalue weighted by molar-refractivity contribution is 7.98. The number of Topliss-reactive ketones (excluding diaryl/α,β-unsaturated/α-hetero) is 1. The molecule has 4 rings (SSSR count). The predicted octanol–water partition coefficient (Wildman–Crippen LogP) is 2.76. The molecule has 0 radical (unpaired) electrons. The Hall–Kier alpha value is -3.30. The number of thioether (sulfide) groups is 1. The van der Waals surface area contributed by atoms with E-state index in [1.807, 2.05) is 30.5 Å². The Balaban J connectivity index is 1.79. The van der Waals surface area contributed by atoms with Crippen LogP contribution in [0.15, 0.2) is 52.2 Å². The van der Waals surface area contributed by atoms with Crippen LogP contribution < -0.4 is 24.2 Å². The maximum Gasteiger partial charge on any atom is 0.269 e. The van der Waals surface area contributed by atoms with Crippen molar-refractivity contribution in [3.8, 4) is 11.5 Å². The Morgan fingerprint density at radius 2 is 1.67 bits per heavy atom. The molecule has 36 heavy (non-hydrogen) atoms. The summed E-state index contributed by atoms with van der Waals surface area (Å²) in [5, 5.41) is 0. The number of nitrogens with zero attached hydrogens (tertiary/aromatic N) is 2. The molecule has 0 saturated carbocycles. The number of ketones is 1. The third-order valence-corrected chi connectivity index (χ3v) is 7.80. The van der Waals surface area contributed by atoms with Crippen molar-refractivity contribution in [2.45, 2.75) is 24.3 Å². The Kier molecular flexibility index (Phi) is 8.32. The number of amides is 1. The van der Waals surface area contributed by atoms with E-state index in [0.29, 0.717) is 39.3 Å². The van der Waals surface area contributed by atoms with E-state index in [1.54, 1.807) is 40.9 Å². The van der Waals surface area contributed by atoms with Crippen LogP contribution in [0, 0.1) is 0 Å². The fraction of sp³-hybridized carbons (Fsp3) is 0.296. The van der Waals surface area contributed by atoms with E-state index < -0.39 is 0 Å². The molecule has 3 aromatic rings. The average Bonchev–Trinajstić information content (AvgIpc) is 3.54. The average molecular weight is 525 g/mol. The third-order valence-electron chi connectivity index (χ3n) is 5.99. The number of thiazole rings is 1. The summed E-state index contributed by atoms with van der Waals surface area (Å²) in [6.45, 7) is 1.29. The van der Waals surface area contributed by atoms with E-state index in [1.165, 1.54) is 36.2 Å². The molecular weight excluding hydrogens is 496 g/mol. The van der Waals surface area contributed by atoms with Gasteiger partial charge in [0, 0.05) is 35.7 Å². The van der Waals surface area contributed by atoms with Crippen LogP contribution in [0.3, 0.4) is 0 Å². The number of hydrogen-bond donors (Lipinski definition) is 0. The summed E-state index contributed by atoms with van der Waals surface area (Å²) in [5.74, 6) is 0.545. The molecule has 7 nitrogen and oxygen atoms in total. The van der Waals surface area contributed by atoms with Crippen molar-refractivity contribution in [1.82, 2.24) is 9.47 Å². The van der Waals surface area contributed by atoms with Crippen molar-refractivity contribution in [3.63, 3.8) is 0 Å². The Labute approximate surface area is 217 Å². The standard InChI is InChI=1S/C27H28N2O5S2/c1-33-20-13-19(14-21(15-20)34-2)23(30)16-26-29(17-25(31)28-10-4-5-11-28)27(32)24(36-26)12-18-6-8-22(35-3)9-7-18/h6-9,12-16H,4-5,10-11,17H2,1-3H3/b24-12-,26-16+. The molecule has 0 bridgehead atoms. The van der Waals surface area contributed by atoms with Gasteiger partial charge in [-0.15, -0.1) is 23.1 Å². The number of ether oxygens (including phenoxy) is 2. The maximum atomic E-state index is 13.4. The van der Waals surface area contributed by atoms with Gasteiger partial charge in [0.05, 0.1) is 18.8 Å². The summed E-state index contributed by atoms with van der Waals surface area (Å²) in [7, 11) is 3.03. The van der Waals surface area contributed by atoms with Gasteiger partial charge in [0.1, 0.15) is 22.7 Å². The first-order chi connectivity index (χ1) is 17.4. The molecule has 0 spiro atoms. The number of rotatable bonds is 8. The van der Waals surface area contributed by atoms with Crippen LogP contribution in [0.25, 0.3) is 12.2 Å². The molecule has 0 unspecified atom stereocenters. The fourth-order valence-electron chi connectivity index (χ4n) is 3.99. The van der Waals surface area contributed by atoms with Gasteiger partial charge in [-0.05, 0) is 55.0 Å². The van der Waals surface area contributed by atoms with Crippen LogP contribution in [0.2, 0.25) is 0 Å². The number of hydrogen-bond acceptors (Lipinski definition) is 7. The first kappa shape index (κ1) is 25.8. The van der Waals surface area contributed by atoms with Gasteiger partial charge in [-0.1, -0.05) is 12.1 Å². The van der Waals surface area contributed by atoms with Crippen molar-refractivity contribution >= 4 is 46.9 Å². The van der Waals surface area contributed by atoms with Gasteiger partial charge < -0.3 is 14.4 Å². The number of aromatic nitrogens is 1. The highest BCUT2D eigenvalue weighted by Crippen LogP contribution is 2.23. The molecular formula is C27H28N2O5S2. The van der Waals surface area contributed by atoms with Gasteiger partial charge in [-0.3, -0.25) is 19.0 Å². The van der Waals surface area contributed by atoms with Crippen molar-refractivity contribution in [2.75, 3.05) is 33.6 Å². The first-order valence-electron chi connectivity index (χ1n) is 11.5. The monoisotopic (exact) mass is 524 g/mol. The number of carbonyl (C=O) groups is 2. The van der Waals surface area contributed by atoms with E-state index in [2.05, 4.69) is 0 Å². The first-order valence-corrected chi connectivity index (χ1v) is 13.6. The minimum Gasteiger partial charge on any atom is -0.497 e. The Morgan fingerprint density at radius 1 is 1.03 bits per heavy atom. The van der Waals surface area contributed by atoms with E-state index in [-0.39, 0.29) is 23.8 Å². The molecule has 2 heterocycles. The van der Waals surface area contributed by atoms with Crippen LogP contribution in [-0.4, -0.2) is 54.7 Å². The molecule has 0 aliphatic carbocycles. The molecule has 1 fully saturated rings. The minimum absolute atomic E-state index is 0.102. The molecule has 2 aromatic carbocycles. The quantitative estimate of drug-likeness (QED) is 0.333. The molecule has 1 amide bonds. The summed E-state index contributed by atoms with van der Waals surface area (Å²) in [4.78, 5) is 42.4.